The maximum Gasteiger partial charge on any atom is 0.0921 e. The van der Waals surface area contributed by atoms with Crippen LogP contribution in [0.2, 0.25) is 0 Å². The highest BCUT2D eigenvalue weighted by atomic mass is 35.5. The predicted molar refractivity (Wildman–Crippen MR) is 33.7 cm³/mol. The minimum atomic E-state index is 0.196. The number of hydrogen-bond donors (Lipinski definition) is 0. The molecule has 1 unspecified atom stereocenters. The average Bonchev–Trinajstić information content (AvgIpc) is 2.47. The molecule has 0 amide bonds. The summed E-state index contributed by atoms with van der Waals surface area (Å²) in [7, 11) is 0. The molecule has 3 heteroatoms. The van der Waals surface area contributed by atoms with Gasteiger partial charge in [-0.05, 0) is 0 Å². The van der Waals surface area contributed by atoms with Gasteiger partial charge in [-0.25, -0.2) is 0 Å². The zero-order chi connectivity index (χ0) is 6.32. The highest BCUT2D eigenvalue weighted by Crippen LogP contribution is 2.40. The van der Waals surface area contributed by atoms with E-state index in [0.29, 0.717) is 12.0 Å². The van der Waals surface area contributed by atoms with Crippen molar-refractivity contribution in [2.24, 2.45) is 5.41 Å². The van der Waals surface area contributed by atoms with Crippen molar-refractivity contribution in [2.45, 2.75) is 6.10 Å². The molecule has 0 aromatic heterocycles. The van der Waals surface area contributed by atoms with Gasteiger partial charge < -0.3 is 9.47 Å². The molecule has 0 saturated carbocycles. The van der Waals surface area contributed by atoms with Crippen LogP contribution in [0.1, 0.15) is 0 Å². The molecule has 0 aromatic carbocycles. The van der Waals surface area contributed by atoms with E-state index in [2.05, 4.69) is 0 Å². The van der Waals surface area contributed by atoms with Gasteiger partial charge in [0.15, 0.2) is 0 Å². The molecule has 2 fully saturated rings. The minimum absolute atomic E-state index is 0.196. The van der Waals surface area contributed by atoms with Crippen LogP contribution in [-0.4, -0.2) is 31.8 Å². The van der Waals surface area contributed by atoms with Gasteiger partial charge in [0.05, 0.1) is 31.3 Å². The Kier molecular flexibility index (Phi) is 1.22. The Hall–Kier alpha value is 0.210. The van der Waals surface area contributed by atoms with Gasteiger partial charge in [-0.2, -0.15) is 0 Å². The summed E-state index contributed by atoms with van der Waals surface area (Å²) in [6, 6.07) is 0. The molecule has 1 atom stereocenters. The van der Waals surface area contributed by atoms with E-state index in [9.17, 15) is 0 Å². The average molecular weight is 149 g/mol. The van der Waals surface area contributed by atoms with Crippen LogP contribution in [0.15, 0.2) is 0 Å². The third kappa shape index (κ3) is 0.775. The maximum absolute atomic E-state index is 5.74. The summed E-state index contributed by atoms with van der Waals surface area (Å²) in [6.07, 6.45) is 0.406. The highest BCUT2D eigenvalue weighted by molar-refractivity contribution is 6.18. The van der Waals surface area contributed by atoms with Crippen LogP contribution >= 0.6 is 11.6 Å². The van der Waals surface area contributed by atoms with Crippen LogP contribution in [0.5, 0.6) is 0 Å². The molecule has 2 heterocycles. The largest absolute Gasteiger partial charge is 0.380 e. The van der Waals surface area contributed by atoms with Gasteiger partial charge in [-0.1, -0.05) is 0 Å². The van der Waals surface area contributed by atoms with Crippen LogP contribution in [-0.2, 0) is 9.47 Å². The number of alkyl halides is 1. The van der Waals surface area contributed by atoms with Crippen molar-refractivity contribution in [3.05, 3.63) is 0 Å². The molecule has 0 N–H and O–H groups in total. The fraction of sp³-hybridized carbons (Fsp3) is 1.00. The molecular formula is C6H9ClO2. The van der Waals surface area contributed by atoms with Crippen LogP contribution in [0.3, 0.4) is 0 Å². The monoisotopic (exact) mass is 148 g/mol. The van der Waals surface area contributed by atoms with E-state index in [4.69, 9.17) is 21.1 Å². The lowest BCUT2D eigenvalue weighted by Gasteiger charge is -2.38. The van der Waals surface area contributed by atoms with E-state index in [1.807, 2.05) is 0 Å². The fourth-order valence-corrected chi connectivity index (χ4v) is 1.44. The third-order valence-corrected chi connectivity index (χ3v) is 2.59. The number of halogens is 1. The Bertz CT molecular complexity index is 113. The van der Waals surface area contributed by atoms with Gasteiger partial charge in [0.1, 0.15) is 0 Å². The van der Waals surface area contributed by atoms with E-state index >= 15 is 0 Å². The Balaban J connectivity index is 1.99. The standard InChI is InChI=1S/C6H9ClO2/c7-2-6(3-8-4-6)5-1-9-5/h5H,1-4H2. The minimum Gasteiger partial charge on any atom is -0.380 e. The molecule has 9 heavy (non-hydrogen) atoms. The van der Waals surface area contributed by atoms with Crippen molar-refractivity contribution in [3.63, 3.8) is 0 Å². The smallest absolute Gasteiger partial charge is 0.0921 e. The molecule has 52 valence electrons. The second-order valence-electron chi connectivity index (χ2n) is 2.81. The molecule has 2 saturated heterocycles. The quantitative estimate of drug-likeness (QED) is 0.424. The maximum atomic E-state index is 5.74. The molecule has 0 aliphatic carbocycles. The predicted octanol–water partition coefficient (Wildman–Crippen LogP) is 0.641. The number of rotatable bonds is 2. The van der Waals surface area contributed by atoms with Crippen LogP contribution in [0.4, 0.5) is 0 Å². The number of epoxide rings is 1. The van der Waals surface area contributed by atoms with E-state index < -0.39 is 0 Å². The third-order valence-electron chi connectivity index (χ3n) is 2.06. The molecule has 0 aromatic rings. The fourth-order valence-electron chi connectivity index (χ4n) is 1.12. The lowest BCUT2D eigenvalue weighted by atomic mass is 9.85. The van der Waals surface area contributed by atoms with Gasteiger partial charge in [0.2, 0.25) is 0 Å². The van der Waals surface area contributed by atoms with Gasteiger partial charge in [-0.15, -0.1) is 11.6 Å². The molecule has 2 aliphatic heterocycles. The Labute approximate surface area is 59.1 Å². The van der Waals surface area contributed by atoms with E-state index in [1.54, 1.807) is 0 Å². The molecular weight excluding hydrogens is 140 g/mol. The summed E-state index contributed by atoms with van der Waals surface area (Å²) < 4.78 is 10.2. The van der Waals surface area contributed by atoms with Crippen LogP contribution < -0.4 is 0 Å². The summed E-state index contributed by atoms with van der Waals surface area (Å²) in [5.74, 6) is 0.678. The van der Waals surface area contributed by atoms with Gasteiger partial charge in [0, 0.05) is 5.88 Å². The lowest BCUT2D eigenvalue weighted by molar-refractivity contribution is -0.111. The molecule has 0 radical (unpaired) electrons. The van der Waals surface area contributed by atoms with Crippen molar-refractivity contribution < 1.29 is 9.47 Å². The summed E-state index contributed by atoms with van der Waals surface area (Å²) in [5.41, 5.74) is 0.196. The van der Waals surface area contributed by atoms with Crippen LogP contribution in [0.25, 0.3) is 0 Å². The van der Waals surface area contributed by atoms with Gasteiger partial charge >= 0.3 is 0 Å². The SMILES string of the molecule is ClCC1(C2CO2)COC1. The van der Waals surface area contributed by atoms with E-state index in [1.165, 1.54) is 0 Å². The first-order valence-electron chi connectivity index (χ1n) is 3.13. The molecule has 0 bridgehead atoms. The Morgan fingerprint density at radius 1 is 1.56 bits per heavy atom. The van der Waals surface area contributed by atoms with Crippen molar-refractivity contribution in [1.82, 2.24) is 0 Å². The normalized spacial score (nSPS) is 37.7. The first kappa shape index (κ1) is 5.96. The molecule has 0 spiro atoms. The van der Waals surface area contributed by atoms with Crippen molar-refractivity contribution in [2.75, 3.05) is 25.7 Å². The lowest BCUT2D eigenvalue weighted by Crippen LogP contribution is -2.48. The summed E-state index contributed by atoms with van der Waals surface area (Å²) >= 11 is 5.74. The Morgan fingerprint density at radius 2 is 2.22 bits per heavy atom. The van der Waals surface area contributed by atoms with Crippen molar-refractivity contribution in [1.29, 1.82) is 0 Å². The summed E-state index contributed by atoms with van der Waals surface area (Å²) in [4.78, 5) is 0. The second-order valence-corrected chi connectivity index (χ2v) is 3.08. The topological polar surface area (TPSA) is 21.8 Å². The highest BCUT2D eigenvalue weighted by Gasteiger charge is 2.51. The van der Waals surface area contributed by atoms with Gasteiger partial charge in [0.25, 0.3) is 0 Å². The van der Waals surface area contributed by atoms with Gasteiger partial charge in [-0.3, -0.25) is 0 Å². The zero-order valence-corrected chi connectivity index (χ0v) is 5.86. The number of hydrogen-bond acceptors (Lipinski definition) is 2. The Morgan fingerprint density at radius 3 is 2.33 bits per heavy atom. The first-order chi connectivity index (χ1) is 4.37. The van der Waals surface area contributed by atoms with E-state index in [-0.39, 0.29) is 5.41 Å². The summed E-state index contributed by atoms with van der Waals surface area (Å²) in [5, 5.41) is 0. The second kappa shape index (κ2) is 1.84. The van der Waals surface area contributed by atoms with Crippen molar-refractivity contribution in [3.8, 4) is 0 Å². The number of ether oxygens (including phenoxy) is 2. The first-order valence-corrected chi connectivity index (χ1v) is 3.66. The summed E-state index contributed by atoms with van der Waals surface area (Å²) in [6.45, 7) is 2.47. The molecule has 2 rings (SSSR count). The van der Waals surface area contributed by atoms with E-state index in [0.717, 1.165) is 19.8 Å². The van der Waals surface area contributed by atoms with Crippen LogP contribution in [0, 0.1) is 5.41 Å². The molecule has 2 aliphatic rings. The molecule has 2 nitrogen and oxygen atoms in total. The zero-order valence-electron chi connectivity index (χ0n) is 5.10. The van der Waals surface area contributed by atoms with Crippen molar-refractivity contribution >= 4 is 11.6 Å².